The maximum Gasteiger partial charge on any atom is 0.308 e. The molecule has 1 amide bonds. The van der Waals surface area contributed by atoms with E-state index in [0.29, 0.717) is 31.6 Å². The van der Waals surface area contributed by atoms with Crippen LogP contribution < -0.4 is 10.1 Å². The Kier molecular flexibility index (Phi) is 8.47. The first-order chi connectivity index (χ1) is 17.3. The number of piperidine rings is 1. The summed E-state index contributed by atoms with van der Waals surface area (Å²) in [4.78, 5) is 26.5. The summed E-state index contributed by atoms with van der Waals surface area (Å²) in [7, 11) is 2.04. The lowest BCUT2D eigenvalue weighted by molar-refractivity contribution is -0.132. The van der Waals surface area contributed by atoms with Crippen LogP contribution in [-0.2, 0) is 21.4 Å². The molecule has 2 aromatic rings. The summed E-state index contributed by atoms with van der Waals surface area (Å²) in [5.41, 5.74) is 0.935. The molecule has 2 aliphatic rings. The molecule has 0 aromatic heterocycles. The summed E-state index contributed by atoms with van der Waals surface area (Å²) in [5, 5.41) is 15.2. The summed E-state index contributed by atoms with van der Waals surface area (Å²) in [6.07, 6.45) is 7.44. The highest BCUT2D eigenvalue weighted by Gasteiger charge is 2.57. The average molecular weight is 493 g/mol. The van der Waals surface area contributed by atoms with E-state index in [9.17, 15) is 14.7 Å². The van der Waals surface area contributed by atoms with Gasteiger partial charge in [0.25, 0.3) is 0 Å². The zero-order valence-electron chi connectivity index (χ0n) is 21.7. The topological polar surface area (TPSA) is 78.9 Å². The first kappa shape index (κ1) is 26.4. The van der Waals surface area contributed by atoms with Gasteiger partial charge in [-0.2, -0.15) is 0 Å². The Hall–Kier alpha value is -2.70. The molecule has 2 N–H and O–H groups in total. The van der Waals surface area contributed by atoms with Crippen molar-refractivity contribution < 1.29 is 19.4 Å². The van der Waals surface area contributed by atoms with Gasteiger partial charge in [0.2, 0.25) is 5.91 Å². The number of amides is 1. The molecule has 1 saturated heterocycles. The highest BCUT2D eigenvalue weighted by atomic mass is 16.5. The second-order valence-corrected chi connectivity index (χ2v) is 10.8. The first-order valence-electron chi connectivity index (χ1n) is 13.3. The number of nitrogens with one attached hydrogen (secondary N) is 1. The van der Waals surface area contributed by atoms with E-state index >= 15 is 0 Å². The maximum atomic E-state index is 12.8. The van der Waals surface area contributed by atoms with Crippen molar-refractivity contribution in [1.82, 2.24) is 10.2 Å². The normalized spacial score (nSPS) is 26.1. The summed E-state index contributed by atoms with van der Waals surface area (Å²) < 4.78 is 5.36. The van der Waals surface area contributed by atoms with Gasteiger partial charge in [-0.15, -0.1) is 0 Å². The standard InChI is InChI=1S/C30H40N2O4/c1-23(33)36-27-14-9-13-25(20-27)29-18-19-32(2)22-30(29,35)17-16-26(21-29)31-28(34)15-8-4-7-12-24-10-5-3-6-11-24/h3,5-6,9-11,13-14,20,26,35H,4,7-8,12,15-19,21-22H2,1-2H3,(H,31,34)/t26-,29-,30-/m0/s1. The van der Waals surface area contributed by atoms with Crippen LogP contribution in [0.25, 0.3) is 0 Å². The molecule has 1 heterocycles. The molecule has 0 radical (unpaired) electrons. The fourth-order valence-electron chi connectivity index (χ4n) is 6.25. The molecule has 6 heteroatoms. The van der Waals surface area contributed by atoms with E-state index in [4.69, 9.17) is 4.74 Å². The molecule has 1 aliphatic carbocycles. The minimum Gasteiger partial charge on any atom is -0.427 e. The van der Waals surface area contributed by atoms with Crippen molar-refractivity contribution in [2.75, 3.05) is 20.1 Å². The predicted molar refractivity (Wildman–Crippen MR) is 141 cm³/mol. The molecule has 0 unspecified atom stereocenters. The largest absolute Gasteiger partial charge is 0.427 e. The Morgan fingerprint density at radius 3 is 2.67 bits per heavy atom. The minimum absolute atomic E-state index is 0.0166. The molecule has 4 rings (SSSR count). The number of hydrogen-bond acceptors (Lipinski definition) is 5. The Morgan fingerprint density at radius 2 is 1.89 bits per heavy atom. The third-order valence-corrected chi connectivity index (χ3v) is 8.07. The van der Waals surface area contributed by atoms with Gasteiger partial charge < -0.3 is 20.1 Å². The van der Waals surface area contributed by atoms with Gasteiger partial charge in [-0.1, -0.05) is 48.9 Å². The molecular formula is C30H40N2O4. The van der Waals surface area contributed by atoms with Gasteiger partial charge in [-0.3, -0.25) is 9.59 Å². The van der Waals surface area contributed by atoms with Crippen LogP contribution in [0, 0.1) is 0 Å². The first-order valence-corrected chi connectivity index (χ1v) is 13.3. The van der Waals surface area contributed by atoms with Crippen LogP contribution in [0.5, 0.6) is 5.75 Å². The molecule has 2 aromatic carbocycles. The van der Waals surface area contributed by atoms with Crippen molar-refractivity contribution in [2.24, 2.45) is 0 Å². The Morgan fingerprint density at radius 1 is 1.08 bits per heavy atom. The van der Waals surface area contributed by atoms with Gasteiger partial charge in [0, 0.05) is 31.3 Å². The molecule has 194 valence electrons. The number of carbonyl (C=O) groups excluding carboxylic acids is 2. The number of aliphatic hydroxyl groups is 1. The Bertz CT molecular complexity index is 1040. The fourth-order valence-corrected chi connectivity index (χ4v) is 6.25. The molecule has 36 heavy (non-hydrogen) atoms. The lowest BCUT2D eigenvalue weighted by atomic mass is 9.55. The van der Waals surface area contributed by atoms with E-state index in [0.717, 1.165) is 50.6 Å². The van der Waals surface area contributed by atoms with Crippen LogP contribution in [0.4, 0.5) is 0 Å². The lowest BCUT2D eigenvalue weighted by Gasteiger charge is -2.57. The van der Waals surface area contributed by atoms with Gasteiger partial charge in [0.15, 0.2) is 0 Å². The van der Waals surface area contributed by atoms with Gasteiger partial charge in [0.05, 0.1) is 5.60 Å². The van der Waals surface area contributed by atoms with Crippen LogP contribution in [0.2, 0.25) is 0 Å². The number of β-amino-alcohol motifs (C(OH)–C–C–N with tert-alkyl or cyclic N) is 1. The quantitative estimate of drug-likeness (QED) is 0.308. The fraction of sp³-hybridized carbons (Fsp3) is 0.533. The van der Waals surface area contributed by atoms with E-state index in [-0.39, 0.29) is 17.9 Å². The van der Waals surface area contributed by atoms with E-state index in [1.807, 2.05) is 31.3 Å². The molecule has 2 fully saturated rings. The SMILES string of the molecule is CC(=O)Oc1cccc([C@@]23CCN(C)C[C@@]2(O)CC[C@H](NC(=O)CCCCCc2ccccc2)C3)c1. The summed E-state index contributed by atoms with van der Waals surface area (Å²) in [5.74, 6) is 0.236. The van der Waals surface area contributed by atoms with Crippen LogP contribution in [-0.4, -0.2) is 53.7 Å². The number of likely N-dealkylation sites (tertiary alicyclic amines) is 1. The number of unbranched alkanes of at least 4 members (excludes halogenated alkanes) is 2. The zero-order chi connectivity index (χ0) is 25.6. The molecule has 3 atom stereocenters. The number of carbonyl (C=O) groups is 2. The number of nitrogens with zero attached hydrogens (tertiary/aromatic N) is 1. The zero-order valence-corrected chi connectivity index (χ0v) is 21.7. The Labute approximate surface area is 215 Å². The molecule has 1 aliphatic heterocycles. The van der Waals surface area contributed by atoms with Gasteiger partial charge >= 0.3 is 5.97 Å². The monoisotopic (exact) mass is 492 g/mol. The molecule has 1 saturated carbocycles. The van der Waals surface area contributed by atoms with Gasteiger partial charge in [-0.25, -0.2) is 0 Å². The van der Waals surface area contributed by atoms with Crippen molar-refractivity contribution in [3.05, 3.63) is 65.7 Å². The van der Waals surface area contributed by atoms with Crippen LogP contribution in [0.3, 0.4) is 0 Å². The smallest absolute Gasteiger partial charge is 0.308 e. The van der Waals surface area contributed by atoms with Crippen LogP contribution >= 0.6 is 0 Å². The van der Waals surface area contributed by atoms with E-state index in [1.54, 1.807) is 6.07 Å². The van der Waals surface area contributed by atoms with Crippen molar-refractivity contribution in [3.63, 3.8) is 0 Å². The van der Waals surface area contributed by atoms with E-state index < -0.39 is 11.0 Å². The van der Waals surface area contributed by atoms with Gasteiger partial charge in [0.1, 0.15) is 5.75 Å². The van der Waals surface area contributed by atoms with Crippen molar-refractivity contribution in [1.29, 1.82) is 0 Å². The van der Waals surface area contributed by atoms with Crippen molar-refractivity contribution in [3.8, 4) is 5.75 Å². The number of rotatable bonds is 9. The molecule has 6 nitrogen and oxygen atoms in total. The second kappa shape index (κ2) is 11.6. The predicted octanol–water partition coefficient (Wildman–Crippen LogP) is 4.39. The van der Waals surface area contributed by atoms with Gasteiger partial charge in [-0.05, 0) is 81.8 Å². The Balaban J connectivity index is 1.38. The molecule has 0 spiro atoms. The number of benzene rings is 2. The highest BCUT2D eigenvalue weighted by Crippen LogP contribution is 2.52. The van der Waals surface area contributed by atoms with Crippen LogP contribution in [0.15, 0.2) is 54.6 Å². The third kappa shape index (κ3) is 6.16. The number of ether oxygens (including phenoxy) is 1. The molecule has 0 bridgehead atoms. The van der Waals surface area contributed by atoms with E-state index in [1.165, 1.54) is 12.5 Å². The summed E-state index contributed by atoms with van der Waals surface area (Å²) in [6.45, 7) is 2.85. The number of fused-ring (bicyclic) bond motifs is 1. The van der Waals surface area contributed by atoms with Crippen molar-refractivity contribution in [2.45, 2.75) is 81.8 Å². The maximum absolute atomic E-state index is 12.8. The van der Waals surface area contributed by atoms with E-state index in [2.05, 4.69) is 34.5 Å². The minimum atomic E-state index is -0.895. The number of hydrogen-bond donors (Lipinski definition) is 2. The molecular weight excluding hydrogens is 452 g/mol. The highest BCUT2D eigenvalue weighted by molar-refractivity contribution is 5.76. The van der Waals surface area contributed by atoms with Crippen molar-refractivity contribution >= 4 is 11.9 Å². The number of likely N-dealkylation sites (N-methyl/N-ethyl adjacent to an activating group) is 1. The average Bonchev–Trinajstić information content (AvgIpc) is 2.84. The third-order valence-electron chi connectivity index (χ3n) is 8.07. The number of aryl methyl sites for hydroxylation is 1. The summed E-state index contributed by atoms with van der Waals surface area (Å²) >= 11 is 0. The lowest BCUT2D eigenvalue weighted by Crippen LogP contribution is -2.66. The van der Waals surface area contributed by atoms with Crippen LogP contribution in [0.1, 0.15) is 69.4 Å². The number of esters is 1. The second-order valence-electron chi connectivity index (χ2n) is 10.8. The summed E-state index contributed by atoms with van der Waals surface area (Å²) in [6, 6.07) is 18.1.